The number of aromatic nitrogens is 1. The molecule has 1 unspecified atom stereocenters. The Morgan fingerprint density at radius 1 is 1.48 bits per heavy atom. The van der Waals surface area contributed by atoms with Crippen LogP contribution in [0.5, 0.6) is 0 Å². The molecule has 0 bridgehead atoms. The number of carbonyl (C=O) groups excluding carboxylic acids is 1. The minimum absolute atomic E-state index is 0.129. The number of benzene rings is 1. The van der Waals surface area contributed by atoms with Crippen LogP contribution in [0.2, 0.25) is 5.02 Å². The third kappa shape index (κ3) is 4.19. The van der Waals surface area contributed by atoms with Gasteiger partial charge >= 0.3 is 0 Å². The Morgan fingerprint density at radius 3 is 2.95 bits per heavy atom. The van der Waals surface area contributed by atoms with E-state index in [1.54, 1.807) is 18.3 Å². The lowest BCUT2D eigenvalue weighted by molar-refractivity contribution is 0.0940. The summed E-state index contributed by atoms with van der Waals surface area (Å²) < 4.78 is 0. The first kappa shape index (κ1) is 15.8. The predicted molar refractivity (Wildman–Crippen MR) is 88.2 cm³/mol. The highest BCUT2D eigenvalue weighted by molar-refractivity contribution is 7.09. The Hall–Kier alpha value is -1.59. The van der Waals surface area contributed by atoms with Crippen molar-refractivity contribution in [1.29, 1.82) is 0 Å². The molecular formula is C15H18ClN3OS. The molecule has 2 N–H and O–H groups in total. The minimum atomic E-state index is -0.154. The molecule has 1 heterocycles. The molecule has 0 saturated carbocycles. The number of anilines is 1. The van der Waals surface area contributed by atoms with E-state index in [-0.39, 0.29) is 11.9 Å². The minimum Gasteiger partial charge on any atom is -0.384 e. The number of hydrogen-bond donors (Lipinski definition) is 2. The van der Waals surface area contributed by atoms with E-state index >= 15 is 0 Å². The van der Waals surface area contributed by atoms with E-state index in [4.69, 9.17) is 11.6 Å². The van der Waals surface area contributed by atoms with Gasteiger partial charge in [0.2, 0.25) is 0 Å². The maximum Gasteiger partial charge on any atom is 0.253 e. The predicted octanol–water partition coefficient (Wildman–Crippen LogP) is 4.11. The highest BCUT2D eigenvalue weighted by Gasteiger charge is 2.16. The number of nitrogens with zero attached hydrogens (tertiary/aromatic N) is 1. The fraction of sp³-hybridized carbons (Fsp3) is 0.333. The SMILES string of the molecule is CCCNc1ccc(Cl)cc1C(=O)NC(C)c1nccs1. The lowest BCUT2D eigenvalue weighted by Gasteiger charge is -2.15. The summed E-state index contributed by atoms with van der Waals surface area (Å²) in [4.78, 5) is 16.7. The molecular weight excluding hydrogens is 306 g/mol. The fourth-order valence-corrected chi connectivity index (χ4v) is 2.72. The molecule has 2 aromatic rings. The molecule has 1 aromatic heterocycles. The summed E-state index contributed by atoms with van der Waals surface area (Å²) in [5.41, 5.74) is 1.35. The second kappa shape index (κ2) is 7.43. The zero-order valence-corrected chi connectivity index (χ0v) is 13.6. The summed E-state index contributed by atoms with van der Waals surface area (Å²) in [5, 5.41) is 9.52. The van der Waals surface area contributed by atoms with Crippen LogP contribution in [-0.2, 0) is 0 Å². The van der Waals surface area contributed by atoms with Crippen LogP contribution in [-0.4, -0.2) is 17.4 Å². The molecule has 21 heavy (non-hydrogen) atoms. The molecule has 112 valence electrons. The van der Waals surface area contributed by atoms with Crippen molar-refractivity contribution in [1.82, 2.24) is 10.3 Å². The lowest BCUT2D eigenvalue weighted by Crippen LogP contribution is -2.27. The van der Waals surface area contributed by atoms with Crippen molar-refractivity contribution in [2.24, 2.45) is 0 Å². The van der Waals surface area contributed by atoms with Crippen LogP contribution < -0.4 is 10.6 Å². The quantitative estimate of drug-likeness (QED) is 0.841. The van der Waals surface area contributed by atoms with Gasteiger partial charge in [-0.15, -0.1) is 11.3 Å². The van der Waals surface area contributed by atoms with E-state index in [9.17, 15) is 4.79 Å². The first-order chi connectivity index (χ1) is 10.1. The molecule has 0 saturated heterocycles. The van der Waals surface area contributed by atoms with Crippen molar-refractivity contribution in [3.63, 3.8) is 0 Å². The molecule has 0 fully saturated rings. The number of rotatable bonds is 6. The van der Waals surface area contributed by atoms with Crippen molar-refractivity contribution in [2.75, 3.05) is 11.9 Å². The van der Waals surface area contributed by atoms with E-state index < -0.39 is 0 Å². The van der Waals surface area contributed by atoms with Gasteiger partial charge in [0.1, 0.15) is 5.01 Å². The lowest BCUT2D eigenvalue weighted by atomic mass is 10.1. The van der Waals surface area contributed by atoms with E-state index in [1.165, 1.54) is 11.3 Å². The van der Waals surface area contributed by atoms with Crippen LogP contribution in [0.4, 0.5) is 5.69 Å². The number of amides is 1. The van der Waals surface area contributed by atoms with Gasteiger partial charge in [-0.1, -0.05) is 18.5 Å². The third-order valence-corrected chi connectivity index (χ3v) is 4.15. The number of nitrogens with one attached hydrogen (secondary N) is 2. The first-order valence-corrected chi connectivity index (χ1v) is 8.11. The van der Waals surface area contributed by atoms with Crippen molar-refractivity contribution >= 4 is 34.5 Å². The normalized spacial score (nSPS) is 12.0. The van der Waals surface area contributed by atoms with Gasteiger partial charge in [0, 0.05) is 28.8 Å². The summed E-state index contributed by atoms with van der Waals surface area (Å²) in [6.45, 7) is 4.80. The zero-order chi connectivity index (χ0) is 15.2. The van der Waals surface area contributed by atoms with E-state index in [2.05, 4.69) is 22.5 Å². The monoisotopic (exact) mass is 323 g/mol. The van der Waals surface area contributed by atoms with Gasteiger partial charge in [0.15, 0.2) is 0 Å². The molecule has 4 nitrogen and oxygen atoms in total. The molecule has 1 aromatic carbocycles. The summed E-state index contributed by atoms with van der Waals surface area (Å²) in [5.74, 6) is -0.154. The number of halogens is 1. The van der Waals surface area contributed by atoms with E-state index in [1.807, 2.05) is 18.4 Å². The van der Waals surface area contributed by atoms with Crippen LogP contribution in [0, 0.1) is 0 Å². The Balaban J connectivity index is 2.15. The second-order valence-corrected chi connectivity index (χ2v) is 6.04. The first-order valence-electron chi connectivity index (χ1n) is 6.85. The maximum atomic E-state index is 12.5. The van der Waals surface area contributed by atoms with Crippen LogP contribution in [0.1, 0.15) is 41.7 Å². The van der Waals surface area contributed by atoms with Gasteiger partial charge in [-0.05, 0) is 31.5 Å². The maximum absolute atomic E-state index is 12.5. The standard InChI is InChI=1S/C15H18ClN3OS/c1-3-6-17-13-5-4-11(16)9-12(13)14(20)19-10(2)15-18-7-8-21-15/h4-5,7-10,17H,3,6H2,1-2H3,(H,19,20). The average molecular weight is 324 g/mol. The molecule has 0 aliphatic carbocycles. The van der Waals surface area contributed by atoms with Gasteiger partial charge in [-0.2, -0.15) is 0 Å². The topological polar surface area (TPSA) is 54.0 Å². The summed E-state index contributed by atoms with van der Waals surface area (Å²) in [6.07, 6.45) is 2.72. The van der Waals surface area contributed by atoms with Crippen LogP contribution in [0.3, 0.4) is 0 Å². The molecule has 0 aliphatic heterocycles. The highest BCUT2D eigenvalue weighted by atomic mass is 35.5. The van der Waals surface area contributed by atoms with Gasteiger partial charge < -0.3 is 10.6 Å². The van der Waals surface area contributed by atoms with E-state index in [0.717, 1.165) is 23.7 Å². The largest absolute Gasteiger partial charge is 0.384 e. The number of carbonyl (C=O) groups is 1. The fourth-order valence-electron chi connectivity index (χ4n) is 1.90. The molecule has 1 amide bonds. The van der Waals surface area contributed by atoms with Crippen molar-refractivity contribution in [3.05, 3.63) is 45.4 Å². The molecule has 0 spiro atoms. The zero-order valence-electron chi connectivity index (χ0n) is 12.0. The Morgan fingerprint density at radius 2 is 2.29 bits per heavy atom. The van der Waals surface area contributed by atoms with Crippen LogP contribution in [0.15, 0.2) is 29.8 Å². The molecule has 0 aliphatic rings. The number of hydrogen-bond acceptors (Lipinski definition) is 4. The smallest absolute Gasteiger partial charge is 0.253 e. The van der Waals surface area contributed by atoms with Gasteiger partial charge in [0.25, 0.3) is 5.91 Å². The van der Waals surface area contributed by atoms with Crippen molar-refractivity contribution in [2.45, 2.75) is 26.3 Å². The van der Waals surface area contributed by atoms with Crippen molar-refractivity contribution in [3.8, 4) is 0 Å². The van der Waals surface area contributed by atoms with Gasteiger partial charge in [0.05, 0.1) is 11.6 Å². The van der Waals surface area contributed by atoms with Crippen LogP contribution >= 0.6 is 22.9 Å². The molecule has 2 rings (SSSR count). The summed E-state index contributed by atoms with van der Waals surface area (Å²) in [7, 11) is 0. The van der Waals surface area contributed by atoms with Gasteiger partial charge in [-0.3, -0.25) is 4.79 Å². The number of thiazole rings is 1. The van der Waals surface area contributed by atoms with Gasteiger partial charge in [-0.25, -0.2) is 4.98 Å². The second-order valence-electron chi connectivity index (χ2n) is 4.68. The Labute approximate surface area is 133 Å². The molecule has 6 heteroatoms. The summed E-state index contributed by atoms with van der Waals surface area (Å²) in [6, 6.07) is 5.17. The molecule has 0 radical (unpaired) electrons. The van der Waals surface area contributed by atoms with Crippen LogP contribution in [0.25, 0.3) is 0 Å². The molecule has 1 atom stereocenters. The van der Waals surface area contributed by atoms with E-state index in [0.29, 0.717) is 10.6 Å². The average Bonchev–Trinajstić information content (AvgIpc) is 3.00. The summed E-state index contributed by atoms with van der Waals surface area (Å²) >= 11 is 7.53. The highest BCUT2D eigenvalue weighted by Crippen LogP contribution is 2.22. The Kier molecular flexibility index (Phi) is 5.59. The van der Waals surface area contributed by atoms with Crippen molar-refractivity contribution < 1.29 is 4.79 Å². The third-order valence-electron chi connectivity index (χ3n) is 2.96. The Bertz CT molecular complexity index is 601.